The zero-order valence-corrected chi connectivity index (χ0v) is 13.5. The highest BCUT2D eigenvalue weighted by molar-refractivity contribution is 6.02. The highest BCUT2D eigenvalue weighted by atomic mass is 16.7. The number of aromatic carboxylic acids is 1. The molecule has 0 aliphatic rings. The van der Waals surface area contributed by atoms with E-state index in [4.69, 9.17) is 14.6 Å². The van der Waals surface area contributed by atoms with Crippen molar-refractivity contribution >= 4 is 17.9 Å². The third-order valence-corrected chi connectivity index (χ3v) is 3.25. The fraction of sp³-hybridized carbons (Fsp3) is 0.353. The van der Waals surface area contributed by atoms with Gasteiger partial charge in [0.05, 0.1) is 11.1 Å². The standard InChI is InChI=1S/C17H20O7/c1-4-8-13(17(3,22)24-14(18)5-2)23-16(21)12-10-7-6-9-11(12)15(19)20/h5-7,9-10,13,22H,2,4,8H2,1,3H3,(H,19,20). The van der Waals surface area contributed by atoms with E-state index >= 15 is 0 Å². The SMILES string of the molecule is C=CC(=O)OC(C)(O)C(CCC)OC(=O)c1ccccc1C(=O)O. The molecule has 24 heavy (non-hydrogen) atoms. The van der Waals surface area contributed by atoms with Crippen LogP contribution in [-0.2, 0) is 14.3 Å². The smallest absolute Gasteiger partial charge is 0.339 e. The monoisotopic (exact) mass is 336 g/mol. The molecule has 1 rings (SSSR count). The van der Waals surface area contributed by atoms with E-state index in [0.29, 0.717) is 6.42 Å². The first-order chi connectivity index (χ1) is 11.2. The average Bonchev–Trinajstić information content (AvgIpc) is 2.53. The van der Waals surface area contributed by atoms with Crippen LogP contribution in [-0.4, -0.2) is 40.0 Å². The fourth-order valence-electron chi connectivity index (χ4n) is 2.05. The lowest BCUT2D eigenvalue weighted by Gasteiger charge is -2.31. The third-order valence-electron chi connectivity index (χ3n) is 3.25. The summed E-state index contributed by atoms with van der Waals surface area (Å²) in [5.41, 5.74) is -0.377. The molecule has 0 saturated heterocycles. The summed E-state index contributed by atoms with van der Waals surface area (Å²) >= 11 is 0. The van der Waals surface area contributed by atoms with Gasteiger partial charge in [-0.1, -0.05) is 32.1 Å². The van der Waals surface area contributed by atoms with Crippen LogP contribution in [0.5, 0.6) is 0 Å². The maximum Gasteiger partial charge on any atom is 0.339 e. The molecule has 0 aromatic heterocycles. The van der Waals surface area contributed by atoms with Crippen LogP contribution in [0.1, 0.15) is 47.4 Å². The predicted molar refractivity (Wildman–Crippen MR) is 84.4 cm³/mol. The first kappa shape index (κ1) is 19.4. The van der Waals surface area contributed by atoms with Crippen LogP contribution in [0.2, 0.25) is 0 Å². The Balaban J connectivity index is 3.04. The Kier molecular flexibility index (Phi) is 6.67. The predicted octanol–water partition coefficient (Wildman–Crippen LogP) is 2.15. The molecule has 0 radical (unpaired) electrons. The Hall–Kier alpha value is -2.67. The van der Waals surface area contributed by atoms with Gasteiger partial charge in [0, 0.05) is 13.0 Å². The van der Waals surface area contributed by atoms with Gasteiger partial charge < -0.3 is 19.7 Å². The van der Waals surface area contributed by atoms with Crippen molar-refractivity contribution in [1.82, 2.24) is 0 Å². The van der Waals surface area contributed by atoms with E-state index in [0.717, 1.165) is 6.08 Å². The Morgan fingerprint density at radius 3 is 2.38 bits per heavy atom. The van der Waals surface area contributed by atoms with Gasteiger partial charge in [-0.05, 0) is 18.6 Å². The highest BCUT2D eigenvalue weighted by Gasteiger charge is 2.38. The number of esters is 2. The van der Waals surface area contributed by atoms with Crippen LogP contribution in [0.4, 0.5) is 0 Å². The van der Waals surface area contributed by atoms with Gasteiger partial charge >= 0.3 is 17.9 Å². The van der Waals surface area contributed by atoms with Crippen LogP contribution in [0.3, 0.4) is 0 Å². The molecule has 0 fully saturated rings. The van der Waals surface area contributed by atoms with Crippen molar-refractivity contribution in [3.63, 3.8) is 0 Å². The third kappa shape index (κ3) is 4.92. The molecule has 7 nitrogen and oxygen atoms in total. The number of carboxylic acids is 1. The summed E-state index contributed by atoms with van der Waals surface area (Å²) < 4.78 is 10.0. The largest absolute Gasteiger partial charge is 0.478 e. The molecule has 0 amide bonds. The summed E-state index contributed by atoms with van der Waals surface area (Å²) in [7, 11) is 0. The van der Waals surface area contributed by atoms with Crippen LogP contribution in [0.25, 0.3) is 0 Å². The molecule has 0 aliphatic heterocycles. The van der Waals surface area contributed by atoms with E-state index in [2.05, 4.69) is 6.58 Å². The van der Waals surface area contributed by atoms with Crippen molar-refractivity contribution in [2.24, 2.45) is 0 Å². The second-order valence-electron chi connectivity index (χ2n) is 5.21. The van der Waals surface area contributed by atoms with Crippen molar-refractivity contribution < 1.29 is 34.1 Å². The van der Waals surface area contributed by atoms with Gasteiger partial charge in [0.2, 0.25) is 5.79 Å². The minimum Gasteiger partial charge on any atom is -0.478 e. The quantitative estimate of drug-likeness (QED) is 0.425. The maximum atomic E-state index is 12.3. The van der Waals surface area contributed by atoms with Crippen molar-refractivity contribution in [2.75, 3.05) is 0 Å². The van der Waals surface area contributed by atoms with Crippen LogP contribution in [0.15, 0.2) is 36.9 Å². The van der Waals surface area contributed by atoms with Gasteiger partial charge in [-0.2, -0.15) is 0 Å². The van der Waals surface area contributed by atoms with Gasteiger partial charge in [0.25, 0.3) is 0 Å². The Morgan fingerprint density at radius 2 is 1.88 bits per heavy atom. The second kappa shape index (κ2) is 8.26. The molecule has 1 aromatic rings. The first-order valence-corrected chi connectivity index (χ1v) is 7.34. The topological polar surface area (TPSA) is 110 Å². The number of aliphatic hydroxyl groups is 1. The summed E-state index contributed by atoms with van der Waals surface area (Å²) in [4.78, 5) is 34.8. The van der Waals surface area contributed by atoms with Crippen LogP contribution in [0, 0.1) is 0 Å². The zero-order chi connectivity index (χ0) is 18.3. The molecule has 2 unspecified atom stereocenters. The number of hydrogen-bond acceptors (Lipinski definition) is 6. The van der Waals surface area contributed by atoms with Gasteiger partial charge in [-0.15, -0.1) is 0 Å². The summed E-state index contributed by atoms with van der Waals surface area (Å²) in [6.07, 6.45) is 0.443. The summed E-state index contributed by atoms with van der Waals surface area (Å²) in [6, 6.07) is 5.54. The highest BCUT2D eigenvalue weighted by Crippen LogP contribution is 2.23. The Bertz CT molecular complexity index is 634. The fourth-order valence-corrected chi connectivity index (χ4v) is 2.05. The number of carboxylic acid groups (broad SMARTS) is 1. The number of carbonyl (C=O) groups is 3. The molecule has 7 heteroatoms. The van der Waals surface area contributed by atoms with Gasteiger partial charge in [0.15, 0.2) is 6.10 Å². The van der Waals surface area contributed by atoms with Crippen LogP contribution < -0.4 is 0 Å². The van der Waals surface area contributed by atoms with Crippen LogP contribution >= 0.6 is 0 Å². The molecule has 2 N–H and O–H groups in total. The summed E-state index contributed by atoms with van der Waals surface area (Å²) in [5.74, 6) is -5.15. The molecule has 0 saturated carbocycles. The van der Waals surface area contributed by atoms with Gasteiger partial charge in [-0.25, -0.2) is 14.4 Å². The minimum atomic E-state index is -2.07. The minimum absolute atomic E-state index is 0.156. The molecule has 0 bridgehead atoms. The Morgan fingerprint density at radius 1 is 1.29 bits per heavy atom. The number of benzene rings is 1. The molecule has 2 atom stereocenters. The average molecular weight is 336 g/mol. The lowest BCUT2D eigenvalue weighted by molar-refractivity contribution is -0.235. The normalized spacial score (nSPS) is 14.1. The van der Waals surface area contributed by atoms with Crippen molar-refractivity contribution in [1.29, 1.82) is 0 Å². The number of ether oxygens (including phenoxy) is 2. The molecule has 0 aliphatic carbocycles. The van der Waals surface area contributed by atoms with Gasteiger partial charge in [-0.3, -0.25) is 0 Å². The van der Waals surface area contributed by atoms with Gasteiger partial charge in [0.1, 0.15) is 0 Å². The number of hydrogen-bond donors (Lipinski definition) is 2. The van der Waals surface area contributed by atoms with E-state index in [1.807, 2.05) is 0 Å². The summed E-state index contributed by atoms with van der Waals surface area (Å²) in [6.45, 7) is 6.21. The zero-order valence-electron chi connectivity index (χ0n) is 13.5. The molecule has 0 spiro atoms. The van der Waals surface area contributed by atoms with Crippen molar-refractivity contribution in [3.05, 3.63) is 48.0 Å². The summed E-state index contributed by atoms with van der Waals surface area (Å²) in [5, 5.41) is 19.4. The second-order valence-corrected chi connectivity index (χ2v) is 5.21. The first-order valence-electron chi connectivity index (χ1n) is 7.34. The molecule has 130 valence electrons. The maximum absolute atomic E-state index is 12.3. The lowest BCUT2D eigenvalue weighted by Crippen LogP contribution is -2.46. The van der Waals surface area contributed by atoms with E-state index < -0.39 is 29.8 Å². The molecular formula is C17H20O7. The number of rotatable bonds is 8. The number of carbonyl (C=O) groups excluding carboxylic acids is 2. The van der Waals surface area contributed by atoms with E-state index in [1.165, 1.54) is 31.2 Å². The van der Waals surface area contributed by atoms with E-state index in [-0.39, 0.29) is 17.5 Å². The molecule has 1 aromatic carbocycles. The molecular weight excluding hydrogens is 316 g/mol. The van der Waals surface area contributed by atoms with E-state index in [9.17, 15) is 19.5 Å². The molecule has 0 heterocycles. The van der Waals surface area contributed by atoms with Crippen molar-refractivity contribution in [2.45, 2.75) is 38.6 Å². The lowest BCUT2D eigenvalue weighted by atomic mass is 10.1. The van der Waals surface area contributed by atoms with E-state index in [1.54, 1.807) is 6.92 Å². The Labute approximate surface area is 139 Å². The van der Waals surface area contributed by atoms with Crippen molar-refractivity contribution in [3.8, 4) is 0 Å².